The average molecular weight is 286 g/mol. The molecule has 0 fully saturated rings. The molecule has 5 heteroatoms. The van der Waals surface area contributed by atoms with E-state index in [1.54, 1.807) is 12.1 Å². The van der Waals surface area contributed by atoms with Gasteiger partial charge in [-0.3, -0.25) is 0 Å². The third kappa shape index (κ3) is 5.92. The highest BCUT2D eigenvalue weighted by Crippen LogP contribution is 2.16. The van der Waals surface area contributed by atoms with Crippen LogP contribution in [0.15, 0.2) is 23.2 Å². The largest absolute Gasteiger partial charge is 0.357 e. The summed E-state index contributed by atoms with van der Waals surface area (Å²) < 4.78 is 13.0. The van der Waals surface area contributed by atoms with Crippen molar-refractivity contribution in [2.75, 3.05) is 6.54 Å². The average Bonchev–Trinajstić information content (AvgIpc) is 2.29. The SMILES string of the molecule is CCNC(=NCc1ccc(F)c(Cl)c1)NC(C)(C)C. The van der Waals surface area contributed by atoms with Gasteiger partial charge in [-0.25, -0.2) is 9.38 Å². The first-order valence-corrected chi connectivity index (χ1v) is 6.70. The van der Waals surface area contributed by atoms with Crippen LogP contribution >= 0.6 is 11.6 Å². The fraction of sp³-hybridized carbons (Fsp3) is 0.500. The first-order valence-electron chi connectivity index (χ1n) is 6.32. The topological polar surface area (TPSA) is 36.4 Å². The molecule has 0 amide bonds. The molecule has 0 spiro atoms. The van der Waals surface area contributed by atoms with Gasteiger partial charge in [0.2, 0.25) is 0 Å². The summed E-state index contributed by atoms with van der Waals surface area (Å²) in [6.45, 7) is 9.43. The number of halogens is 2. The van der Waals surface area contributed by atoms with Gasteiger partial charge >= 0.3 is 0 Å². The maximum Gasteiger partial charge on any atom is 0.191 e. The number of hydrogen-bond donors (Lipinski definition) is 2. The summed E-state index contributed by atoms with van der Waals surface area (Å²) in [4.78, 5) is 4.45. The van der Waals surface area contributed by atoms with Gasteiger partial charge in [0.25, 0.3) is 0 Å². The molecule has 0 saturated carbocycles. The summed E-state index contributed by atoms with van der Waals surface area (Å²) in [5, 5.41) is 6.58. The van der Waals surface area contributed by atoms with Crippen molar-refractivity contribution in [3.8, 4) is 0 Å². The summed E-state index contributed by atoms with van der Waals surface area (Å²) in [5.41, 5.74) is 0.805. The van der Waals surface area contributed by atoms with Crippen molar-refractivity contribution >= 4 is 17.6 Å². The van der Waals surface area contributed by atoms with Crippen LogP contribution in [0.5, 0.6) is 0 Å². The number of nitrogens with one attached hydrogen (secondary N) is 2. The normalized spacial score (nSPS) is 12.4. The van der Waals surface area contributed by atoms with Crippen LogP contribution in [0.2, 0.25) is 5.02 Å². The van der Waals surface area contributed by atoms with Crippen molar-refractivity contribution in [1.82, 2.24) is 10.6 Å². The third-order valence-corrected chi connectivity index (χ3v) is 2.53. The van der Waals surface area contributed by atoms with E-state index in [2.05, 4.69) is 36.4 Å². The van der Waals surface area contributed by atoms with E-state index in [1.165, 1.54) is 6.07 Å². The smallest absolute Gasteiger partial charge is 0.191 e. The molecular weight excluding hydrogens is 265 g/mol. The lowest BCUT2D eigenvalue weighted by Crippen LogP contribution is -2.47. The number of nitrogens with zero attached hydrogens (tertiary/aromatic N) is 1. The van der Waals surface area contributed by atoms with Crippen LogP contribution in [0.4, 0.5) is 4.39 Å². The maximum atomic E-state index is 13.0. The van der Waals surface area contributed by atoms with Crippen molar-refractivity contribution in [3.05, 3.63) is 34.6 Å². The van der Waals surface area contributed by atoms with Crippen molar-refractivity contribution in [3.63, 3.8) is 0 Å². The van der Waals surface area contributed by atoms with Gasteiger partial charge in [-0.1, -0.05) is 17.7 Å². The molecule has 1 aromatic carbocycles. The first-order chi connectivity index (χ1) is 8.81. The minimum Gasteiger partial charge on any atom is -0.357 e. The van der Waals surface area contributed by atoms with Crippen LogP contribution < -0.4 is 10.6 Å². The van der Waals surface area contributed by atoms with E-state index in [9.17, 15) is 4.39 Å². The van der Waals surface area contributed by atoms with Gasteiger partial charge in [-0.05, 0) is 45.4 Å². The fourth-order valence-corrected chi connectivity index (χ4v) is 1.67. The Morgan fingerprint density at radius 3 is 2.58 bits per heavy atom. The zero-order chi connectivity index (χ0) is 14.5. The zero-order valence-electron chi connectivity index (χ0n) is 11.8. The van der Waals surface area contributed by atoms with Crippen molar-refractivity contribution in [2.24, 2.45) is 4.99 Å². The van der Waals surface area contributed by atoms with Gasteiger partial charge in [0.15, 0.2) is 5.96 Å². The number of hydrogen-bond acceptors (Lipinski definition) is 1. The quantitative estimate of drug-likeness (QED) is 0.660. The molecule has 3 nitrogen and oxygen atoms in total. The maximum absolute atomic E-state index is 13.0. The summed E-state index contributed by atoms with van der Waals surface area (Å²) >= 11 is 5.74. The lowest BCUT2D eigenvalue weighted by molar-refractivity contribution is 0.501. The molecule has 0 heterocycles. The molecule has 0 aliphatic rings. The van der Waals surface area contributed by atoms with Crippen LogP contribution in [0.1, 0.15) is 33.3 Å². The molecule has 0 radical (unpaired) electrons. The minimum absolute atomic E-state index is 0.0680. The number of benzene rings is 1. The van der Waals surface area contributed by atoms with Crippen LogP contribution in [-0.2, 0) is 6.54 Å². The second-order valence-corrected chi connectivity index (χ2v) is 5.73. The van der Waals surface area contributed by atoms with Gasteiger partial charge in [0, 0.05) is 12.1 Å². The molecule has 2 N–H and O–H groups in total. The third-order valence-electron chi connectivity index (χ3n) is 2.24. The van der Waals surface area contributed by atoms with E-state index in [1.807, 2.05) is 6.92 Å². The molecule has 1 aromatic rings. The Labute approximate surface area is 119 Å². The Morgan fingerprint density at radius 2 is 2.05 bits per heavy atom. The Hall–Kier alpha value is -1.29. The van der Waals surface area contributed by atoms with E-state index in [4.69, 9.17) is 11.6 Å². The number of guanidine groups is 1. The van der Waals surface area contributed by atoms with E-state index in [0.717, 1.165) is 18.1 Å². The molecule has 0 aliphatic heterocycles. The van der Waals surface area contributed by atoms with Crippen molar-refractivity contribution in [2.45, 2.75) is 39.8 Å². The van der Waals surface area contributed by atoms with E-state index < -0.39 is 5.82 Å². The van der Waals surface area contributed by atoms with Crippen molar-refractivity contribution in [1.29, 1.82) is 0 Å². The lowest BCUT2D eigenvalue weighted by atomic mass is 10.1. The Kier molecular flexibility index (Phi) is 5.60. The molecule has 0 aromatic heterocycles. The molecule has 0 unspecified atom stereocenters. The zero-order valence-corrected chi connectivity index (χ0v) is 12.6. The predicted octanol–water partition coefficient (Wildman–Crippen LogP) is 3.33. The van der Waals surface area contributed by atoms with E-state index >= 15 is 0 Å². The highest BCUT2D eigenvalue weighted by Gasteiger charge is 2.11. The van der Waals surface area contributed by atoms with E-state index in [-0.39, 0.29) is 10.6 Å². The molecule has 1 rings (SSSR count). The van der Waals surface area contributed by atoms with Crippen LogP contribution in [-0.4, -0.2) is 18.0 Å². The van der Waals surface area contributed by atoms with Crippen molar-refractivity contribution < 1.29 is 4.39 Å². The van der Waals surface area contributed by atoms with Gasteiger partial charge in [0.1, 0.15) is 5.82 Å². The molecule has 106 valence electrons. The van der Waals surface area contributed by atoms with Gasteiger partial charge < -0.3 is 10.6 Å². The number of rotatable bonds is 3. The van der Waals surface area contributed by atoms with E-state index in [0.29, 0.717) is 6.54 Å². The molecule has 0 atom stereocenters. The molecule has 0 saturated heterocycles. The predicted molar refractivity (Wildman–Crippen MR) is 79.1 cm³/mol. The lowest BCUT2D eigenvalue weighted by Gasteiger charge is -2.23. The van der Waals surface area contributed by atoms with Crippen LogP contribution in [0, 0.1) is 5.82 Å². The molecule has 0 bridgehead atoms. The molecular formula is C14H21ClFN3. The van der Waals surface area contributed by atoms with Gasteiger partial charge in [-0.15, -0.1) is 0 Å². The summed E-state index contributed by atoms with van der Waals surface area (Å²) in [7, 11) is 0. The first kappa shape index (κ1) is 15.8. The van der Waals surface area contributed by atoms with Gasteiger partial charge in [-0.2, -0.15) is 0 Å². The van der Waals surface area contributed by atoms with Gasteiger partial charge in [0.05, 0.1) is 11.6 Å². The highest BCUT2D eigenvalue weighted by atomic mass is 35.5. The Morgan fingerprint density at radius 1 is 1.37 bits per heavy atom. The fourth-order valence-electron chi connectivity index (χ4n) is 1.47. The summed E-state index contributed by atoms with van der Waals surface area (Å²) in [5.74, 6) is 0.324. The Balaban J connectivity index is 2.76. The second-order valence-electron chi connectivity index (χ2n) is 5.32. The van der Waals surface area contributed by atoms with Crippen LogP contribution in [0.25, 0.3) is 0 Å². The minimum atomic E-state index is -0.408. The standard InChI is InChI=1S/C14H21ClFN3/c1-5-17-13(19-14(2,3)4)18-9-10-6-7-12(16)11(15)8-10/h6-8H,5,9H2,1-4H3,(H2,17,18,19). The number of aliphatic imine (C=N–C) groups is 1. The monoisotopic (exact) mass is 285 g/mol. The highest BCUT2D eigenvalue weighted by molar-refractivity contribution is 6.30. The van der Waals surface area contributed by atoms with Crippen LogP contribution in [0.3, 0.4) is 0 Å². The Bertz CT molecular complexity index is 452. The second kappa shape index (κ2) is 6.75. The molecule has 19 heavy (non-hydrogen) atoms. The summed E-state index contributed by atoms with van der Waals surface area (Å²) in [6.07, 6.45) is 0. The molecule has 0 aliphatic carbocycles. The summed E-state index contributed by atoms with van der Waals surface area (Å²) in [6, 6.07) is 4.64.